The largest absolute Gasteiger partial charge is 0.315 e. The van der Waals surface area contributed by atoms with E-state index in [0.29, 0.717) is 23.7 Å². The minimum Gasteiger partial charge on any atom is -0.315 e. The summed E-state index contributed by atoms with van der Waals surface area (Å²) in [6.07, 6.45) is 17.8. The summed E-state index contributed by atoms with van der Waals surface area (Å²) in [4.78, 5) is 5.49. The van der Waals surface area contributed by atoms with Gasteiger partial charge >= 0.3 is 0 Å². The van der Waals surface area contributed by atoms with E-state index in [4.69, 9.17) is 0 Å². The molecule has 4 aliphatic carbocycles. The first kappa shape index (κ1) is 41.3. The Morgan fingerprint density at radius 3 is 2.07 bits per heavy atom. The Bertz CT molecular complexity index is 2620. The number of hydrogen-bond acceptors (Lipinski definition) is 3. The fourth-order valence-corrected chi connectivity index (χ4v) is 14.2. The zero-order chi connectivity index (χ0) is 43.3. The predicted molar refractivity (Wildman–Crippen MR) is 267 cm³/mol. The van der Waals surface area contributed by atoms with E-state index in [9.17, 15) is 0 Å². The van der Waals surface area contributed by atoms with Gasteiger partial charge in [0, 0.05) is 43.3 Å². The molecule has 2 aliphatic heterocycles. The van der Waals surface area contributed by atoms with Gasteiger partial charge in [0.15, 0.2) is 0 Å². The van der Waals surface area contributed by atoms with Gasteiger partial charge in [0.25, 0.3) is 6.71 Å². The van der Waals surface area contributed by atoms with Crippen LogP contribution in [-0.4, -0.2) is 6.71 Å². The van der Waals surface area contributed by atoms with Gasteiger partial charge < -0.3 is 9.80 Å². The Balaban J connectivity index is 1.30. The second-order valence-corrected chi connectivity index (χ2v) is 24.9. The van der Waals surface area contributed by atoms with Crippen LogP contribution in [0.1, 0.15) is 145 Å². The first-order valence-corrected chi connectivity index (χ1v) is 24.7. The maximum atomic E-state index is 2.79. The van der Waals surface area contributed by atoms with Crippen LogP contribution in [0.3, 0.4) is 0 Å². The molecule has 0 amide bonds. The average Bonchev–Trinajstić information content (AvgIpc) is 3.59. The smallest absolute Gasteiger partial charge is 0.264 e. The third-order valence-electron chi connectivity index (χ3n) is 17.5. The molecular weight excluding hydrogens is 756 g/mol. The van der Waals surface area contributed by atoms with Crippen LogP contribution in [-0.2, 0) is 10.8 Å². The van der Waals surface area contributed by atoms with Crippen LogP contribution >= 0.6 is 11.3 Å². The number of allylic oxidation sites excluding steroid dienone is 7. The minimum absolute atomic E-state index is 0.105. The standard InChI is InChI=1S/C57H71BN2S/c1-15-53(5,6)40-32-44-48(31-37(40)34(2)3)59(36-23-24-39-41(29-36)55(9,10)26-25-54(39,7)8)46-21-18-22-47-50(46)58(44)52-51(60(47)45-20-17-16-19-35(45)4)38-30-42-43(33-49(38)61-52)57(13,14)28-27-56(42,11)12/h16-24,29-30,32-34,37,39,41H,15,25-28,31H2,1-14H3. The second kappa shape index (κ2) is 13.6. The Labute approximate surface area is 373 Å². The van der Waals surface area contributed by atoms with Gasteiger partial charge in [-0.2, -0.15) is 0 Å². The predicted octanol–water partition coefficient (Wildman–Crippen LogP) is 15.1. The first-order valence-electron chi connectivity index (χ1n) is 23.9. The highest BCUT2D eigenvalue weighted by Crippen LogP contribution is 2.58. The molecule has 3 heterocycles. The van der Waals surface area contributed by atoms with Crippen molar-refractivity contribution in [2.24, 2.45) is 39.9 Å². The van der Waals surface area contributed by atoms with Crippen molar-refractivity contribution in [3.63, 3.8) is 0 Å². The van der Waals surface area contributed by atoms with E-state index in [1.807, 2.05) is 0 Å². The molecule has 0 radical (unpaired) electrons. The first-order chi connectivity index (χ1) is 28.7. The number of anilines is 4. The van der Waals surface area contributed by atoms with Crippen molar-refractivity contribution in [1.82, 2.24) is 0 Å². The van der Waals surface area contributed by atoms with Crippen molar-refractivity contribution in [2.45, 2.75) is 146 Å². The van der Waals surface area contributed by atoms with Crippen molar-refractivity contribution in [1.29, 1.82) is 0 Å². The number of rotatable bonds is 5. The molecule has 3 unspecified atom stereocenters. The molecule has 4 heteroatoms. The molecule has 3 atom stereocenters. The zero-order valence-electron chi connectivity index (χ0n) is 39.9. The molecule has 1 saturated carbocycles. The van der Waals surface area contributed by atoms with Crippen molar-refractivity contribution in [3.05, 3.63) is 118 Å². The van der Waals surface area contributed by atoms with E-state index in [0.717, 1.165) is 12.8 Å². The summed E-state index contributed by atoms with van der Waals surface area (Å²) in [5.41, 5.74) is 18.3. The topological polar surface area (TPSA) is 6.48 Å². The number of hydrogen-bond donors (Lipinski definition) is 0. The number of thiophene rings is 1. The molecule has 0 spiro atoms. The monoisotopic (exact) mass is 827 g/mol. The number of benzene rings is 3. The van der Waals surface area contributed by atoms with Crippen molar-refractivity contribution >= 4 is 61.1 Å². The molecule has 10 rings (SSSR count). The van der Waals surface area contributed by atoms with Crippen molar-refractivity contribution < 1.29 is 0 Å². The highest BCUT2D eigenvalue weighted by molar-refractivity contribution is 7.33. The molecule has 0 bridgehead atoms. The Kier molecular flexibility index (Phi) is 9.22. The van der Waals surface area contributed by atoms with E-state index < -0.39 is 0 Å². The Hall–Kier alpha value is -3.76. The molecule has 2 nitrogen and oxygen atoms in total. The summed E-state index contributed by atoms with van der Waals surface area (Å²) < 4.78 is 2.95. The summed E-state index contributed by atoms with van der Waals surface area (Å²) in [6, 6.07) is 21.7. The normalized spacial score (nSPS) is 25.4. The number of fused-ring (bicyclic) bond motifs is 7. The van der Waals surface area contributed by atoms with Crippen LogP contribution in [0.5, 0.6) is 0 Å². The van der Waals surface area contributed by atoms with Crippen LogP contribution in [0.15, 0.2) is 101 Å². The van der Waals surface area contributed by atoms with Gasteiger partial charge in [0.1, 0.15) is 0 Å². The fraction of sp³-hybridized carbons (Fsp3) is 0.509. The Morgan fingerprint density at radius 2 is 1.41 bits per heavy atom. The summed E-state index contributed by atoms with van der Waals surface area (Å²) in [7, 11) is 0. The molecule has 6 aliphatic rings. The Morgan fingerprint density at radius 1 is 0.787 bits per heavy atom. The summed E-state index contributed by atoms with van der Waals surface area (Å²) >= 11 is 2.09. The fourth-order valence-electron chi connectivity index (χ4n) is 12.9. The molecule has 318 valence electrons. The molecule has 1 aromatic heterocycles. The van der Waals surface area contributed by atoms with Crippen LogP contribution in [0.2, 0.25) is 0 Å². The molecule has 4 aromatic rings. The maximum Gasteiger partial charge on any atom is 0.264 e. The maximum absolute atomic E-state index is 2.79. The van der Waals surface area contributed by atoms with Gasteiger partial charge in [-0.25, -0.2) is 0 Å². The summed E-state index contributed by atoms with van der Waals surface area (Å²) in [5.74, 6) is 2.06. The number of para-hydroxylation sites is 1. The third kappa shape index (κ3) is 6.06. The summed E-state index contributed by atoms with van der Waals surface area (Å²) in [5, 5.41) is 1.42. The van der Waals surface area contributed by atoms with Gasteiger partial charge in [0.05, 0.1) is 5.69 Å². The number of nitrogens with zero attached hydrogens (tertiary/aromatic N) is 2. The van der Waals surface area contributed by atoms with Crippen molar-refractivity contribution in [3.8, 4) is 0 Å². The lowest BCUT2D eigenvalue weighted by Crippen LogP contribution is -2.56. The molecular formula is C57H71BN2S. The van der Waals surface area contributed by atoms with E-state index >= 15 is 0 Å². The lowest BCUT2D eigenvalue weighted by molar-refractivity contribution is 0.0326. The average molecular weight is 827 g/mol. The third-order valence-corrected chi connectivity index (χ3v) is 18.7. The van der Waals surface area contributed by atoms with Gasteiger partial charge in [-0.1, -0.05) is 138 Å². The van der Waals surface area contributed by atoms with Gasteiger partial charge in [0.2, 0.25) is 0 Å². The van der Waals surface area contributed by atoms with Gasteiger partial charge in [-0.15, -0.1) is 11.3 Å². The van der Waals surface area contributed by atoms with Crippen LogP contribution in [0.4, 0.5) is 22.7 Å². The van der Waals surface area contributed by atoms with E-state index in [1.165, 1.54) is 91.2 Å². The van der Waals surface area contributed by atoms with Gasteiger partial charge in [-0.05, 0) is 160 Å². The lowest BCUT2D eigenvalue weighted by Gasteiger charge is -2.53. The SMILES string of the molecule is CCC(C)(C)C1=CC2=C(CC1C(C)C)N(C1=CC3C(C=C1)C(C)(C)CCC3(C)C)c1cccc3c1B2c1sc2cc4c(cc2c1N3c1ccccc1C)C(C)(C)CCC4(C)C. The van der Waals surface area contributed by atoms with Crippen LogP contribution in [0, 0.1) is 46.8 Å². The van der Waals surface area contributed by atoms with E-state index in [-0.39, 0.29) is 33.8 Å². The summed E-state index contributed by atoms with van der Waals surface area (Å²) in [6.45, 7) is 34.9. The van der Waals surface area contributed by atoms with Crippen molar-refractivity contribution in [2.75, 3.05) is 9.80 Å². The minimum atomic E-state index is 0.105. The molecule has 61 heavy (non-hydrogen) atoms. The van der Waals surface area contributed by atoms with E-state index in [2.05, 4.69) is 197 Å². The van der Waals surface area contributed by atoms with Gasteiger partial charge in [-0.3, -0.25) is 0 Å². The molecule has 0 saturated heterocycles. The van der Waals surface area contributed by atoms with Crippen LogP contribution in [0.25, 0.3) is 10.1 Å². The number of aryl methyl sites for hydroxylation is 1. The van der Waals surface area contributed by atoms with Crippen LogP contribution < -0.4 is 20.0 Å². The quantitative estimate of drug-likeness (QED) is 0.185. The highest BCUT2D eigenvalue weighted by atomic mass is 32.1. The molecule has 1 fully saturated rings. The lowest BCUT2D eigenvalue weighted by atomic mass is 9.34. The molecule has 0 N–H and O–H groups in total. The molecule has 3 aromatic carbocycles. The zero-order valence-corrected chi connectivity index (χ0v) is 40.8. The highest BCUT2D eigenvalue weighted by Gasteiger charge is 2.51. The van der Waals surface area contributed by atoms with E-state index in [1.54, 1.807) is 16.7 Å². The second-order valence-electron chi connectivity index (χ2n) is 23.9.